The molecule has 2 heterocycles. The van der Waals surface area contributed by atoms with E-state index in [1.807, 2.05) is 17.9 Å². The highest BCUT2D eigenvalue weighted by Crippen LogP contribution is 2.21. The topological polar surface area (TPSA) is 33.2 Å². The lowest BCUT2D eigenvalue weighted by Gasteiger charge is -2.34. The first-order valence-electron chi connectivity index (χ1n) is 6.01. The van der Waals surface area contributed by atoms with Crippen LogP contribution in [0, 0.1) is 6.92 Å². The van der Waals surface area contributed by atoms with Crippen molar-refractivity contribution in [1.82, 2.24) is 9.88 Å². The molecule has 1 aromatic heterocycles. The van der Waals surface area contributed by atoms with Crippen LogP contribution in [0.4, 0.5) is 0 Å². The first-order chi connectivity index (χ1) is 8.22. The van der Waals surface area contributed by atoms with Gasteiger partial charge in [-0.2, -0.15) is 0 Å². The number of hydrogen-bond donors (Lipinski definition) is 0. The Hall–Kier alpha value is -0.900. The fraction of sp³-hybridized carbons (Fsp3) is 0.538. The summed E-state index contributed by atoms with van der Waals surface area (Å²) in [5, 5.41) is 0.859. The fourth-order valence-electron chi connectivity index (χ4n) is 2.27. The predicted octanol–water partition coefficient (Wildman–Crippen LogP) is 2.78. The van der Waals surface area contributed by atoms with Gasteiger partial charge in [-0.15, -0.1) is 0 Å². The standard InChI is InChI=1S/C13H17BrN2O/c1-10-6-11(9-15-8-10)13(17)16-5-3-2-4-12(16)7-14/h6,8-9,12H,2-5,7H2,1H3. The summed E-state index contributed by atoms with van der Waals surface area (Å²) >= 11 is 3.50. The number of rotatable bonds is 2. The minimum atomic E-state index is 0.116. The molecular weight excluding hydrogens is 280 g/mol. The molecule has 0 saturated carbocycles. The van der Waals surface area contributed by atoms with Gasteiger partial charge in [-0.3, -0.25) is 9.78 Å². The van der Waals surface area contributed by atoms with Gasteiger partial charge < -0.3 is 4.90 Å². The lowest BCUT2D eigenvalue weighted by molar-refractivity contribution is 0.0641. The minimum Gasteiger partial charge on any atom is -0.335 e. The monoisotopic (exact) mass is 296 g/mol. The molecule has 1 saturated heterocycles. The van der Waals surface area contributed by atoms with E-state index in [1.165, 1.54) is 6.42 Å². The Kier molecular flexibility index (Phi) is 4.15. The van der Waals surface area contributed by atoms with Gasteiger partial charge in [0.15, 0.2) is 0 Å². The average molecular weight is 297 g/mol. The van der Waals surface area contributed by atoms with Gasteiger partial charge in [-0.25, -0.2) is 0 Å². The number of amides is 1. The van der Waals surface area contributed by atoms with E-state index >= 15 is 0 Å². The Morgan fingerprint density at radius 1 is 1.53 bits per heavy atom. The maximum atomic E-state index is 12.4. The first-order valence-corrected chi connectivity index (χ1v) is 7.13. The van der Waals surface area contributed by atoms with E-state index in [1.54, 1.807) is 12.4 Å². The Morgan fingerprint density at radius 3 is 3.06 bits per heavy atom. The second kappa shape index (κ2) is 5.63. The third-order valence-electron chi connectivity index (χ3n) is 3.19. The van der Waals surface area contributed by atoms with Gasteiger partial charge in [0.25, 0.3) is 5.91 Å². The molecule has 0 radical (unpaired) electrons. The number of aromatic nitrogens is 1. The van der Waals surface area contributed by atoms with Gasteiger partial charge in [0.05, 0.1) is 5.56 Å². The van der Waals surface area contributed by atoms with Gasteiger partial charge in [-0.05, 0) is 37.8 Å². The van der Waals surface area contributed by atoms with Crippen LogP contribution in [-0.4, -0.2) is 33.7 Å². The Bertz CT molecular complexity index is 408. The molecule has 2 rings (SSSR count). The zero-order valence-electron chi connectivity index (χ0n) is 10.0. The summed E-state index contributed by atoms with van der Waals surface area (Å²) in [6, 6.07) is 2.24. The van der Waals surface area contributed by atoms with Crippen LogP contribution < -0.4 is 0 Å². The molecule has 17 heavy (non-hydrogen) atoms. The summed E-state index contributed by atoms with van der Waals surface area (Å²) in [5.74, 6) is 0.116. The van der Waals surface area contributed by atoms with Crippen molar-refractivity contribution in [2.24, 2.45) is 0 Å². The maximum absolute atomic E-state index is 12.4. The molecule has 3 nitrogen and oxygen atoms in total. The molecule has 1 atom stereocenters. The number of carbonyl (C=O) groups is 1. The van der Waals surface area contributed by atoms with Crippen molar-refractivity contribution in [2.75, 3.05) is 11.9 Å². The number of piperidine rings is 1. The Balaban J connectivity index is 2.18. The van der Waals surface area contributed by atoms with Gasteiger partial charge in [-0.1, -0.05) is 15.9 Å². The number of aryl methyl sites for hydroxylation is 1. The number of likely N-dealkylation sites (tertiary alicyclic amines) is 1. The normalized spacial score (nSPS) is 20.4. The van der Waals surface area contributed by atoms with E-state index in [-0.39, 0.29) is 5.91 Å². The maximum Gasteiger partial charge on any atom is 0.255 e. The van der Waals surface area contributed by atoms with E-state index < -0.39 is 0 Å². The number of hydrogen-bond acceptors (Lipinski definition) is 2. The van der Waals surface area contributed by atoms with E-state index in [2.05, 4.69) is 20.9 Å². The van der Waals surface area contributed by atoms with Crippen molar-refractivity contribution < 1.29 is 4.79 Å². The van der Waals surface area contributed by atoms with Crippen LogP contribution in [0.15, 0.2) is 18.5 Å². The lowest BCUT2D eigenvalue weighted by Crippen LogP contribution is -2.44. The van der Waals surface area contributed by atoms with Crippen molar-refractivity contribution in [3.8, 4) is 0 Å². The van der Waals surface area contributed by atoms with Gasteiger partial charge in [0, 0.05) is 30.3 Å². The molecule has 1 unspecified atom stereocenters. The number of alkyl halides is 1. The van der Waals surface area contributed by atoms with Crippen LogP contribution >= 0.6 is 15.9 Å². The van der Waals surface area contributed by atoms with Crippen molar-refractivity contribution in [2.45, 2.75) is 32.2 Å². The molecule has 0 N–H and O–H groups in total. The summed E-state index contributed by atoms with van der Waals surface area (Å²) in [6.07, 6.45) is 6.85. The average Bonchev–Trinajstić information content (AvgIpc) is 2.38. The van der Waals surface area contributed by atoms with E-state index in [0.717, 1.165) is 30.3 Å². The van der Waals surface area contributed by atoms with Gasteiger partial charge in [0.1, 0.15) is 0 Å². The molecule has 1 aliphatic rings. The number of carbonyl (C=O) groups excluding carboxylic acids is 1. The highest BCUT2D eigenvalue weighted by atomic mass is 79.9. The largest absolute Gasteiger partial charge is 0.335 e. The molecule has 0 aliphatic carbocycles. The highest BCUT2D eigenvalue weighted by molar-refractivity contribution is 9.09. The molecule has 1 aliphatic heterocycles. The molecule has 1 fully saturated rings. The zero-order valence-corrected chi connectivity index (χ0v) is 11.6. The molecular formula is C13H17BrN2O. The van der Waals surface area contributed by atoms with Crippen molar-refractivity contribution in [3.63, 3.8) is 0 Å². The summed E-state index contributed by atoms with van der Waals surface area (Å²) in [7, 11) is 0. The van der Waals surface area contributed by atoms with Crippen molar-refractivity contribution in [3.05, 3.63) is 29.6 Å². The van der Waals surface area contributed by atoms with Crippen LogP contribution in [0.1, 0.15) is 35.2 Å². The third kappa shape index (κ3) is 2.86. The predicted molar refractivity (Wildman–Crippen MR) is 71.4 cm³/mol. The van der Waals surface area contributed by atoms with Gasteiger partial charge in [0.2, 0.25) is 0 Å². The second-order valence-corrected chi connectivity index (χ2v) is 5.20. The summed E-state index contributed by atoms with van der Waals surface area (Å²) in [5.41, 5.74) is 1.74. The summed E-state index contributed by atoms with van der Waals surface area (Å²) in [4.78, 5) is 18.5. The SMILES string of the molecule is Cc1cncc(C(=O)N2CCCCC2CBr)c1. The molecule has 1 amide bonds. The van der Waals surface area contributed by atoms with Crippen LogP contribution in [0.25, 0.3) is 0 Å². The molecule has 4 heteroatoms. The van der Waals surface area contributed by atoms with Gasteiger partial charge >= 0.3 is 0 Å². The number of nitrogens with zero attached hydrogens (tertiary/aromatic N) is 2. The minimum absolute atomic E-state index is 0.116. The molecule has 0 bridgehead atoms. The Labute approximate surface area is 110 Å². The van der Waals surface area contributed by atoms with Crippen LogP contribution in [0.2, 0.25) is 0 Å². The van der Waals surface area contributed by atoms with Crippen LogP contribution in [0.3, 0.4) is 0 Å². The third-order valence-corrected chi connectivity index (χ3v) is 3.94. The quantitative estimate of drug-likeness (QED) is 0.786. The van der Waals surface area contributed by atoms with Crippen molar-refractivity contribution in [1.29, 1.82) is 0 Å². The number of halogens is 1. The number of pyridine rings is 1. The van der Waals surface area contributed by atoms with E-state index in [9.17, 15) is 4.79 Å². The molecule has 0 spiro atoms. The molecule has 1 aromatic rings. The summed E-state index contributed by atoms with van der Waals surface area (Å²) < 4.78 is 0. The molecule has 92 valence electrons. The second-order valence-electron chi connectivity index (χ2n) is 4.55. The van der Waals surface area contributed by atoms with Crippen LogP contribution in [-0.2, 0) is 0 Å². The van der Waals surface area contributed by atoms with E-state index in [4.69, 9.17) is 0 Å². The summed E-state index contributed by atoms with van der Waals surface area (Å²) in [6.45, 7) is 2.82. The molecule has 0 aromatic carbocycles. The van der Waals surface area contributed by atoms with Crippen LogP contribution in [0.5, 0.6) is 0 Å². The smallest absolute Gasteiger partial charge is 0.255 e. The fourth-order valence-corrected chi connectivity index (χ4v) is 2.94. The van der Waals surface area contributed by atoms with E-state index in [0.29, 0.717) is 11.6 Å². The highest BCUT2D eigenvalue weighted by Gasteiger charge is 2.26. The zero-order chi connectivity index (χ0) is 12.3. The first kappa shape index (κ1) is 12.6. The van der Waals surface area contributed by atoms with Crippen molar-refractivity contribution >= 4 is 21.8 Å². The Morgan fingerprint density at radius 2 is 2.35 bits per heavy atom. The lowest BCUT2D eigenvalue weighted by atomic mass is 10.0.